The lowest BCUT2D eigenvalue weighted by Crippen LogP contribution is -2.44. The van der Waals surface area contributed by atoms with Gasteiger partial charge >= 0.3 is 0 Å². The third-order valence-electron chi connectivity index (χ3n) is 5.83. The molecule has 3 amide bonds. The van der Waals surface area contributed by atoms with Crippen LogP contribution in [0.5, 0.6) is 11.5 Å². The molecule has 0 spiro atoms. The molecule has 2 aliphatic rings. The third kappa shape index (κ3) is 4.64. The minimum absolute atomic E-state index is 0.0562. The minimum Gasteiger partial charge on any atom is -0.454 e. The van der Waals surface area contributed by atoms with E-state index in [1.165, 1.54) is 11.3 Å². The number of carbonyl (C=O) groups is 3. The van der Waals surface area contributed by atoms with Gasteiger partial charge in [-0.2, -0.15) is 5.01 Å². The van der Waals surface area contributed by atoms with E-state index in [0.717, 1.165) is 33.2 Å². The lowest BCUT2D eigenvalue weighted by molar-refractivity contribution is -0.123. The number of hydrogen-bond donors (Lipinski definition) is 2. The number of anilines is 1. The SMILES string of the molecule is O=C(Cn1cc(/C=C2\SC(=S)N(NC(=O)c3cccs3)C2=O)c2ccccc21)Nc1ccc2c(c1)OCO2. The van der Waals surface area contributed by atoms with E-state index < -0.39 is 11.8 Å². The summed E-state index contributed by atoms with van der Waals surface area (Å²) in [5.41, 5.74) is 4.77. The number of benzene rings is 2. The maximum absolute atomic E-state index is 13.1. The molecule has 9 nitrogen and oxygen atoms in total. The summed E-state index contributed by atoms with van der Waals surface area (Å²) in [4.78, 5) is 39.2. The van der Waals surface area contributed by atoms with Crippen LogP contribution in [-0.4, -0.2) is 38.4 Å². The van der Waals surface area contributed by atoms with E-state index in [-0.39, 0.29) is 23.6 Å². The molecule has 0 saturated carbocycles. The van der Waals surface area contributed by atoms with Crippen molar-refractivity contribution in [2.45, 2.75) is 6.54 Å². The Morgan fingerprint density at radius 2 is 1.92 bits per heavy atom. The van der Waals surface area contributed by atoms with Gasteiger partial charge in [0.05, 0.1) is 9.78 Å². The average Bonchev–Trinajstić information content (AvgIpc) is 3.70. The molecule has 2 aliphatic heterocycles. The molecule has 12 heteroatoms. The smallest absolute Gasteiger partial charge is 0.285 e. The number of thioether (sulfide) groups is 1. The Labute approximate surface area is 230 Å². The fraction of sp³-hybridized carbons (Fsp3) is 0.0769. The molecule has 1 saturated heterocycles. The zero-order valence-corrected chi connectivity index (χ0v) is 22.0. The van der Waals surface area contributed by atoms with Gasteiger partial charge in [-0.1, -0.05) is 36.0 Å². The van der Waals surface area contributed by atoms with Crippen molar-refractivity contribution in [2.75, 3.05) is 12.1 Å². The number of carbonyl (C=O) groups excluding carboxylic acids is 3. The Bertz CT molecular complexity index is 1640. The van der Waals surface area contributed by atoms with Gasteiger partial charge in [-0.25, -0.2) is 0 Å². The average molecular weight is 563 g/mol. The van der Waals surface area contributed by atoms with Crippen LogP contribution in [0.15, 0.2) is 71.1 Å². The topological polar surface area (TPSA) is 102 Å². The van der Waals surface area contributed by atoms with Crippen molar-refractivity contribution >= 4 is 80.0 Å². The lowest BCUT2D eigenvalue weighted by atomic mass is 10.1. The third-order valence-corrected chi connectivity index (χ3v) is 8.00. The number of fused-ring (bicyclic) bond motifs is 2. The molecule has 2 aromatic heterocycles. The van der Waals surface area contributed by atoms with Crippen molar-refractivity contribution in [3.8, 4) is 11.5 Å². The Morgan fingerprint density at radius 1 is 1.08 bits per heavy atom. The van der Waals surface area contributed by atoms with Crippen LogP contribution in [0.2, 0.25) is 0 Å². The molecular formula is C26H18N4O5S3. The van der Waals surface area contributed by atoms with E-state index in [9.17, 15) is 14.4 Å². The first kappa shape index (κ1) is 24.2. The van der Waals surface area contributed by atoms with Crippen LogP contribution in [0.25, 0.3) is 17.0 Å². The van der Waals surface area contributed by atoms with Crippen LogP contribution in [-0.2, 0) is 16.1 Å². The lowest BCUT2D eigenvalue weighted by Gasteiger charge is -2.14. The van der Waals surface area contributed by atoms with E-state index in [1.807, 2.05) is 35.0 Å². The fourth-order valence-electron chi connectivity index (χ4n) is 4.12. The molecule has 0 atom stereocenters. The molecule has 4 heterocycles. The van der Waals surface area contributed by atoms with Gasteiger partial charge in [0.2, 0.25) is 12.7 Å². The first-order valence-corrected chi connectivity index (χ1v) is 13.5. The number of aromatic nitrogens is 1. The van der Waals surface area contributed by atoms with Gasteiger partial charge in [0.25, 0.3) is 11.8 Å². The number of amides is 3. The number of thiocarbonyl (C=S) groups is 1. The zero-order valence-electron chi connectivity index (χ0n) is 19.5. The second-order valence-corrected chi connectivity index (χ2v) is 10.9. The summed E-state index contributed by atoms with van der Waals surface area (Å²) >= 11 is 7.73. The molecule has 0 unspecified atom stereocenters. The molecule has 2 N–H and O–H groups in total. The van der Waals surface area contributed by atoms with Crippen LogP contribution in [0, 0.1) is 0 Å². The monoisotopic (exact) mass is 562 g/mol. The number of nitrogens with one attached hydrogen (secondary N) is 2. The molecule has 0 radical (unpaired) electrons. The minimum atomic E-state index is -0.415. The summed E-state index contributed by atoms with van der Waals surface area (Å²) in [5, 5.41) is 6.63. The predicted octanol–water partition coefficient (Wildman–Crippen LogP) is 4.62. The maximum Gasteiger partial charge on any atom is 0.285 e. The number of para-hydroxylation sites is 1. The van der Waals surface area contributed by atoms with Crippen LogP contribution in [0.1, 0.15) is 15.2 Å². The normalized spacial score (nSPS) is 15.5. The first-order chi connectivity index (χ1) is 18.5. The summed E-state index contributed by atoms with van der Waals surface area (Å²) in [6.45, 7) is 0.214. The maximum atomic E-state index is 13.1. The van der Waals surface area contributed by atoms with Crippen molar-refractivity contribution in [1.82, 2.24) is 15.0 Å². The van der Waals surface area contributed by atoms with E-state index in [4.69, 9.17) is 21.7 Å². The summed E-state index contributed by atoms with van der Waals surface area (Å²) in [6, 6.07) is 16.3. The van der Waals surface area contributed by atoms with Gasteiger partial charge in [-0.05, 0) is 47.9 Å². The van der Waals surface area contributed by atoms with Gasteiger partial charge in [0.1, 0.15) is 6.54 Å². The molecule has 0 bridgehead atoms. The summed E-state index contributed by atoms with van der Waals surface area (Å²) in [6.07, 6.45) is 3.55. The number of nitrogens with zero attached hydrogens (tertiary/aromatic N) is 2. The van der Waals surface area contributed by atoms with Crippen molar-refractivity contribution in [1.29, 1.82) is 0 Å². The van der Waals surface area contributed by atoms with Crippen molar-refractivity contribution < 1.29 is 23.9 Å². The standard InChI is InChI=1S/C26H18N4O5S3/c31-23(27-16-7-8-19-20(11-16)35-14-34-19)13-29-12-15(17-4-1-2-5-18(17)29)10-22-25(33)30(26(36)38-22)28-24(32)21-6-3-9-37-21/h1-12H,13-14H2,(H,27,31)(H,28,32)/b22-10-. The number of hydrazine groups is 1. The highest BCUT2D eigenvalue weighted by atomic mass is 32.2. The highest BCUT2D eigenvalue weighted by Crippen LogP contribution is 2.35. The fourth-order valence-corrected chi connectivity index (χ4v) is 5.90. The van der Waals surface area contributed by atoms with Crippen molar-refractivity contribution in [3.63, 3.8) is 0 Å². The molecule has 190 valence electrons. The van der Waals surface area contributed by atoms with Gasteiger partial charge in [0, 0.05) is 34.4 Å². The largest absolute Gasteiger partial charge is 0.454 e. The number of thiophene rings is 1. The predicted molar refractivity (Wildman–Crippen MR) is 150 cm³/mol. The molecule has 0 aliphatic carbocycles. The highest BCUT2D eigenvalue weighted by Gasteiger charge is 2.34. The summed E-state index contributed by atoms with van der Waals surface area (Å²) < 4.78 is 12.7. The molecule has 1 fully saturated rings. The van der Waals surface area contributed by atoms with E-state index in [2.05, 4.69) is 10.7 Å². The Balaban J connectivity index is 1.22. The number of hydrogen-bond acceptors (Lipinski definition) is 8. The van der Waals surface area contributed by atoms with Crippen LogP contribution < -0.4 is 20.2 Å². The zero-order chi connectivity index (χ0) is 26.2. The van der Waals surface area contributed by atoms with Crippen LogP contribution in [0.4, 0.5) is 5.69 Å². The van der Waals surface area contributed by atoms with E-state index in [1.54, 1.807) is 41.8 Å². The summed E-state index contributed by atoms with van der Waals surface area (Å²) in [7, 11) is 0. The number of rotatable bonds is 6. The molecular weight excluding hydrogens is 545 g/mol. The van der Waals surface area contributed by atoms with Crippen LogP contribution >= 0.6 is 35.3 Å². The highest BCUT2D eigenvalue weighted by molar-refractivity contribution is 8.26. The number of ether oxygens (including phenoxy) is 2. The Morgan fingerprint density at radius 3 is 2.76 bits per heavy atom. The summed E-state index contributed by atoms with van der Waals surface area (Å²) in [5.74, 6) is 0.185. The first-order valence-electron chi connectivity index (χ1n) is 11.4. The van der Waals surface area contributed by atoms with Gasteiger partial charge in [-0.3, -0.25) is 19.8 Å². The van der Waals surface area contributed by atoms with Gasteiger partial charge in [-0.15, -0.1) is 11.3 Å². The van der Waals surface area contributed by atoms with Crippen molar-refractivity contribution in [3.05, 3.63) is 81.5 Å². The molecule has 4 aromatic rings. The van der Waals surface area contributed by atoms with Gasteiger partial charge < -0.3 is 19.4 Å². The second kappa shape index (κ2) is 9.97. The van der Waals surface area contributed by atoms with Crippen molar-refractivity contribution in [2.24, 2.45) is 0 Å². The van der Waals surface area contributed by atoms with Crippen LogP contribution in [0.3, 0.4) is 0 Å². The molecule has 38 heavy (non-hydrogen) atoms. The quantitative estimate of drug-likeness (QED) is 0.261. The Kier molecular flexibility index (Phi) is 6.35. The second-order valence-electron chi connectivity index (χ2n) is 8.28. The van der Waals surface area contributed by atoms with Gasteiger partial charge in [0.15, 0.2) is 15.8 Å². The molecule has 2 aromatic carbocycles. The van der Waals surface area contributed by atoms with E-state index >= 15 is 0 Å². The molecule has 6 rings (SSSR count). The van der Waals surface area contributed by atoms with E-state index in [0.29, 0.717) is 27.0 Å². The Hall–Kier alpha value is -4.13.